The standard InChI is InChI=1S/C15H18BF3O3.C12H17F/c1-6-12(9(3)20)7-13(15(17,18)19)8(2)16-14(10(4)21)11(5)22;1-3-6-10(4-2)11-7-5-8-12(13)9-11/h6-7,21H,1-5H3;5,7-10H,3-4,6H2,1-2H3/b12-6+,13-7+,14-10+;. The molecule has 1 unspecified atom stereocenters. The fraction of sp³-hybridized carbons (Fsp3) is 0.444. The molecule has 0 bridgehead atoms. The molecule has 1 rings (SSSR count). The molecule has 8 heteroatoms. The molecule has 1 N–H and O–H groups in total. The number of halogens is 4. The van der Waals surface area contributed by atoms with Gasteiger partial charge in [-0.15, -0.1) is 0 Å². The van der Waals surface area contributed by atoms with E-state index in [0.717, 1.165) is 51.7 Å². The molecule has 0 amide bonds. The number of hydrogen-bond donors (Lipinski definition) is 1. The molecule has 192 valence electrons. The Labute approximate surface area is 206 Å². The van der Waals surface area contributed by atoms with Crippen LogP contribution in [-0.4, -0.2) is 35.2 Å². The predicted octanol–water partition coefficient (Wildman–Crippen LogP) is 7.40. The molecule has 0 saturated carbocycles. The number of aliphatic hydroxyl groups excluding tert-OH is 1. The summed E-state index contributed by atoms with van der Waals surface area (Å²) in [5.41, 5.74) is -0.474. The summed E-state index contributed by atoms with van der Waals surface area (Å²) in [5, 5.41) is 9.38. The van der Waals surface area contributed by atoms with Gasteiger partial charge in [0, 0.05) is 0 Å². The van der Waals surface area contributed by atoms with Crippen LogP contribution in [0.2, 0.25) is 0 Å². The number of carbonyl (C=O) groups excluding carboxylic acids is 2. The Morgan fingerprint density at radius 3 is 2.06 bits per heavy atom. The molecular weight excluding hydrogens is 459 g/mol. The molecule has 0 aliphatic carbocycles. The van der Waals surface area contributed by atoms with Crippen molar-refractivity contribution < 1.29 is 32.3 Å². The van der Waals surface area contributed by atoms with Crippen molar-refractivity contribution in [3.63, 3.8) is 0 Å². The van der Waals surface area contributed by atoms with Crippen molar-refractivity contribution in [2.75, 3.05) is 0 Å². The molecule has 0 saturated heterocycles. The van der Waals surface area contributed by atoms with Gasteiger partial charge in [-0.2, -0.15) is 0 Å². The van der Waals surface area contributed by atoms with Crippen LogP contribution in [0.1, 0.15) is 79.2 Å². The molecule has 0 radical (unpaired) electrons. The third-order valence-corrected chi connectivity index (χ3v) is 5.33. The van der Waals surface area contributed by atoms with E-state index in [-0.39, 0.29) is 28.1 Å². The Morgan fingerprint density at radius 2 is 1.69 bits per heavy atom. The van der Waals surface area contributed by atoms with Crippen LogP contribution in [0.15, 0.2) is 58.8 Å². The molecule has 1 aromatic rings. The van der Waals surface area contributed by atoms with Crippen LogP contribution >= 0.6 is 0 Å². The number of ketones is 2. The molecule has 35 heavy (non-hydrogen) atoms. The summed E-state index contributed by atoms with van der Waals surface area (Å²) < 4.78 is 52.4. The number of allylic oxidation sites excluding steroid dienone is 6. The number of hydrogen-bond acceptors (Lipinski definition) is 3. The zero-order chi connectivity index (χ0) is 27.3. The van der Waals surface area contributed by atoms with Gasteiger partial charge in [0.25, 0.3) is 0 Å². The van der Waals surface area contributed by atoms with Crippen LogP contribution < -0.4 is 0 Å². The number of carbonyl (C=O) groups is 2. The van der Waals surface area contributed by atoms with Gasteiger partial charge in [0.1, 0.15) is 5.82 Å². The maximum atomic E-state index is 13.2. The van der Waals surface area contributed by atoms with Crippen molar-refractivity contribution in [1.29, 1.82) is 0 Å². The number of rotatable bonds is 9. The summed E-state index contributed by atoms with van der Waals surface area (Å²) in [6.45, 7) is 11.4. The normalized spacial score (nSPS) is 14.3. The van der Waals surface area contributed by atoms with Gasteiger partial charge < -0.3 is 0 Å². The van der Waals surface area contributed by atoms with Gasteiger partial charge in [-0.3, -0.25) is 0 Å². The summed E-state index contributed by atoms with van der Waals surface area (Å²) in [7, 11) is 0. The quantitative estimate of drug-likeness (QED) is 0.128. The van der Waals surface area contributed by atoms with E-state index < -0.39 is 23.3 Å². The predicted molar refractivity (Wildman–Crippen MR) is 135 cm³/mol. The van der Waals surface area contributed by atoms with Crippen LogP contribution in [-0.2, 0) is 9.59 Å². The molecular formula is C27H35BF4O3. The van der Waals surface area contributed by atoms with Crippen molar-refractivity contribution in [2.24, 2.45) is 0 Å². The van der Waals surface area contributed by atoms with Gasteiger partial charge in [-0.05, 0) is 36.5 Å². The maximum absolute atomic E-state index is 13.2. The minimum atomic E-state index is -4.70. The van der Waals surface area contributed by atoms with Gasteiger partial charge in [0.05, 0.1) is 0 Å². The zero-order valence-corrected chi connectivity index (χ0v) is 21.5. The Kier molecular flexibility index (Phi) is 14.1. The average Bonchev–Trinajstić information content (AvgIpc) is 2.75. The Hall–Kier alpha value is -2.77. The first kappa shape index (κ1) is 32.2. The van der Waals surface area contributed by atoms with Crippen molar-refractivity contribution in [1.82, 2.24) is 0 Å². The molecule has 0 aliphatic heterocycles. The molecule has 1 atom stereocenters. The molecule has 0 aromatic heterocycles. The van der Waals surface area contributed by atoms with Gasteiger partial charge >= 0.3 is 127 Å². The molecule has 0 fully saturated rings. The second-order valence-corrected chi connectivity index (χ2v) is 8.19. The van der Waals surface area contributed by atoms with Crippen LogP contribution in [0.3, 0.4) is 0 Å². The number of alkyl halides is 3. The summed E-state index contributed by atoms with van der Waals surface area (Å²) in [5.74, 6) is -1.02. The van der Waals surface area contributed by atoms with Crippen molar-refractivity contribution in [3.8, 4) is 0 Å². The fourth-order valence-corrected chi connectivity index (χ4v) is 3.43. The van der Waals surface area contributed by atoms with E-state index in [0.29, 0.717) is 5.92 Å². The van der Waals surface area contributed by atoms with Gasteiger partial charge in [-0.25, -0.2) is 4.39 Å². The van der Waals surface area contributed by atoms with E-state index in [1.54, 1.807) is 12.1 Å². The van der Waals surface area contributed by atoms with Gasteiger partial charge in [0.15, 0.2) is 0 Å². The van der Waals surface area contributed by atoms with E-state index >= 15 is 0 Å². The first-order chi connectivity index (χ1) is 16.2. The zero-order valence-electron chi connectivity index (χ0n) is 21.5. The third kappa shape index (κ3) is 11.5. The van der Waals surface area contributed by atoms with E-state index in [4.69, 9.17) is 0 Å². The average molecular weight is 494 g/mol. The second-order valence-electron chi connectivity index (χ2n) is 8.19. The summed E-state index contributed by atoms with van der Waals surface area (Å²) >= 11 is 0. The Bertz CT molecular complexity index is 998. The van der Waals surface area contributed by atoms with Crippen molar-refractivity contribution in [2.45, 2.75) is 79.8 Å². The summed E-state index contributed by atoms with van der Waals surface area (Å²) in [6, 6.07) is 6.97. The van der Waals surface area contributed by atoms with Crippen LogP contribution in [0, 0.1) is 5.82 Å². The Balaban J connectivity index is 0.000000750. The number of aliphatic hydroxyl groups is 1. The summed E-state index contributed by atoms with van der Waals surface area (Å²) in [6.07, 6.45) is 0.723. The van der Waals surface area contributed by atoms with Crippen LogP contribution in [0.25, 0.3) is 0 Å². The van der Waals surface area contributed by atoms with E-state index in [1.165, 1.54) is 32.9 Å². The molecule has 0 aliphatic rings. The van der Waals surface area contributed by atoms with Crippen LogP contribution in [0.5, 0.6) is 0 Å². The topological polar surface area (TPSA) is 54.4 Å². The van der Waals surface area contributed by atoms with E-state index in [9.17, 15) is 32.3 Å². The number of benzene rings is 1. The first-order valence-corrected chi connectivity index (χ1v) is 11.5. The molecule has 0 spiro atoms. The van der Waals surface area contributed by atoms with E-state index in [1.807, 2.05) is 6.07 Å². The Morgan fingerprint density at radius 1 is 1.09 bits per heavy atom. The molecule has 0 heterocycles. The van der Waals surface area contributed by atoms with Gasteiger partial charge in [-0.1, -0.05) is 32.4 Å². The second kappa shape index (κ2) is 15.3. The number of Topliss-reactive ketones (excluding diaryl/α,β-unsaturated/α-hetero) is 2. The van der Waals surface area contributed by atoms with Crippen molar-refractivity contribution in [3.05, 3.63) is 70.2 Å². The summed E-state index contributed by atoms with van der Waals surface area (Å²) in [4.78, 5) is 22.6. The molecule has 1 aromatic carbocycles. The van der Waals surface area contributed by atoms with E-state index in [2.05, 4.69) is 13.8 Å². The first-order valence-electron chi connectivity index (χ1n) is 11.5. The van der Waals surface area contributed by atoms with Crippen molar-refractivity contribution >= 4 is 24.0 Å². The monoisotopic (exact) mass is 494 g/mol. The fourth-order valence-electron chi connectivity index (χ4n) is 3.43. The SMILES string of the molecule is CCCC(CC)c1cccc(F)c1.C\C=C(/C=C(\C(C)=B/C(C(C)=O)=C(\C)O)C(F)(F)F)C(C)=O. The third-order valence-electron chi connectivity index (χ3n) is 5.33. The van der Waals surface area contributed by atoms with Gasteiger partial charge in [0.2, 0.25) is 0 Å². The minimum absolute atomic E-state index is 0.0887. The van der Waals surface area contributed by atoms with Crippen LogP contribution in [0.4, 0.5) is 17.6 Å². The molecule has 3 nitrogen and oxygen atoms in total.